The maximum absolute atomic E-state index is 11.8. The normalized spacial score (nSPS) is 39.2. The minimum Gasteiger partial charge on any atom is -0.393 e. The van der Waals surface area contributed by atoms with Crippen molar-refractivity contribution in [1.29, 1.82) is 0 Å². The highest BCUT2D eigenvalue weighted by Crippen LogP contribution is 2.68. The van der Waals surface area contributed by atoms with E-state index in [2.05, 4.69) is 31.4 Å². The second-order valence-electron chi connectivity index (χ2n) is 15.9. The van der Waals surface area contributed by atoms with Crippen LogP contribution in [0.3, 0.4) is 0 Å². The molecule has 8 nitrogen and oxygen atoms in total. The van der Waals surface area contributed by atoms with E-state index in [1.165, 1.54) is 44.9 Å². The summed E-state index contributed by atoms with van der Waals surface area (Å²) in [6.07, 6.45) is 13.7. The van der Waals surface area contributed by atoms with Gasteiger partial charge < -0.3 is 21.5 Å². The monoisotopic (exact) mass is 627 g/mol. The Morgan fingerprint density at radius 1 is 0.907 bits per heavy atom. The van der Waals surface area contributed by atoms with E-state index in [0.717, 1.165) is 58.3 Å². The molecule has 0 saturated heterocycles. The minimum absolute atomic E-state index is 0.0152. The molecule has 0 bridgehead atoms. The second-order valence-corrected chi connectivity index (χ2v) is 17.0. The standard InChI is InChI=1S/C34H65N3O5S/c1-23(2)31(42-43(39,40)41)12-9-24(3)27-10-11-28-32-29(14-16-34(27,28)5)33(4)15-13-26(21-25(33)22-30(32)38)37-20-8-19-36-18-7-6-17-35/h23-32,36-38H,6-22,35H2,1-5H3,(H,39,40,41)/t24-,25?,26+,27-,28?,29?,30-,31-,32?,33+,34-/m1/s1. The number of nitrogens with one attached hydrogen (secondary N) is 2. The number of rotatable bonds is 16. The minimum atomic E-state index is -4.45. The van der Waals surface area contributed by atoms with Crippen molar-refractivity contribution < 1.29 is 22.3 Å². The smallest absolute Gasteiger partial charge is 0.393 e. The van der Waals surface area contributed by atoms with Gasteiger partial charge in [0.2, 0.25) is 0 Å². The van der Waals surface area contributed by atoms with Crippen LogP contribution in [-0.2, 0) is 14.6 Å². The Balaban J connectivity index is 1.32. The SMILES string of the molecule is CC(C)[C@@H](CC[C@@H](C)[C@H]1CCC2C3C(CC[C@@]21C)[C@@]1(C)CC[C@H](NCCCNCCCCN)CC1C[C@H]3O)OS(=O)(=O)O. The van der Waals surface area contributed by atoms with Gasteiger partial charge in [0.1, 0.15) is 0 Å². The summed E-state index contributed by atoms with van der Waals surface area (Å²) in [6, 6.07) is 0.573. The summed E-state index contributed by atoms with van der Waals surface area (Å²) in [6.45, 7) is 15.3. The first-order chi connectivity index (χ1) is 20.3. The van der Waals surface area contributed by atoms with E-state index >= 15 is 0 Å². The van der Waals surface area contributed by atoms with Gasteiger partial charge in [-0.3, -0.25) is 4.55 Å². The fourth-order valence-corrected chi connectivity index (χ4v) is 11.3. The lowest BCUT2D eigenvalue weighted by molar-refractivity contribution is -0.167. The molecule has 4 aliphatic rings. The van der Waals surface area contributed by atoms with Crippen molar-refractivity contribution in [3.63, 3.8) is 0 Å². The van der Waals surface area contributed by atoms with Crippen LogP contribution in [0.4, 0.5) is 0 Å². The Morgan fingerprint density at radius 3 is 2.30 bits per heavy atom. The summed E-state index contributed by atoms with van der Waals surface area (Å²) < 4.78 is 37.1. The number of aliphatic hydroxyl groups is 1. The Bertz CT molecular complexity index is 981. The number of aliphatic hydroxyl groups excluding tert-OH is 1. The number of hydrogen-bond acceptors (Lipinski definition) is 7. The molecule has 0 heterocycles. The molecule has 0 aliphatic heterocycles. The van der Waals surface area contributed by atoms with Crippen LogP contribution in [-0.4, -0.2) is 62.5 Å². The average Bonchev–Trinajstić information content (AvgIpc) is 3.29. The fourth-order valence-electron chi connectivity index (χ4n) is 10.7. The third kappa shape index (κ3) is 8.36. The van der Waals surface area contributed by atoms with Gasteiger partial charge in [-0.2, -0.15) is 8.42 Å². The predicted octanol–water partition coefficient (Wildman–Crippen LogP) is 5.55. The molecule has 11 atom stereocenters. The van der Waals surface area contributed by atoms with E-state index in [0.29, 0.717) is 53.4 Å². The molecule has 9 heteroatoms. The molecule has 0 aromatic rings. The maximum Gasteiger partial charge on any atom is 0.397 e. The van der Waals surface area contributed by atoms with Crippen molar-refractivity contribution in [2.45, 2.75) is 136 Å². The van der Waals surface area contributed by atoms with E-state index in [1.54, 1.807) is 0 Å². The third-order valence-corrected chi connectivity index (χ3v) is 13.6. The first-order valence-electron chi connectivity index (χ1n) is 17.8. The van der Waals surface area contributed by atoms with Crippen LogP contribution in [0.5, 0.6) is 0 Å². The Labute approximate surface area is 263 Å². The molecule has 0 amide bonds. The van der Waals surface area contributed by atoms with Crippen LogP contribution in [0.1, 0.15) is 118 Å². The van der Waals surface area contributed by atoms with Crippen LogP contribution in [0.2, 0.25) is 0 Å². The van der Waals surface area contributed by atoms with E-state index in [-0.39, 0.29) is 17.4 Å². The summed E-state index contributed by atoms with van der Waals surface area (Å²) in [5.41, 5.74) is 6.13. The lowest BCUT2D eigenvalue weighted by Crippen LogP contribution is -2.59. The molecule has 252 valence electrons. The Hall–Kier alpha value is -0.290. The molecule has 4 fully saturated rings. The van der Waals surface area contributed by atoms with Gasteiger partial charge in [0.15, 0.2) is 0 Å². The molecule has 4 rings (SSSR count). The van der Waals surface area contributed by atoms with Crippen LogP contribution < -0.4 is 16.4 Å². The van der Waals surface area contributed by atoms with E-state index in [1.807, 2.05) is 13.8 Å². The molecule has 4 saturated carbocycles. The van der Waals surface area contributed by atoms with Crippen molar-refractivity contribution in [2.75, 3.05) is 26.2 Å². The highest BCUT2D eigenvalue weighted by atomic mass is 32.3. The van der Waals surface area contributed by atoms with Gasteiger partial charge in [0.05, 0.1) is 12.2 Å². The van der Waals surface area contributed by atoms with Crippen LogP contribution in [0.25, 0.3) is 0 Å². The molecule has 4 unspecified atom stereocenters. The van der Waals surface area contributed by atoms with E-state index < -0.39 is 16.5 Å². The zero-order valence-corrected chi connectivity index (χ0v) is 28.7. The van der Waals surface area contributed by atoms with Gasteiger partial charge >= 0.3 is 10.4 Å². The van der Waals surface area contributed by atoms with Gasteiger partial charge in [0.25, 0.3) is 0 Å². The molecule has 0 aromatic carbocycles. The van der Waals surface area contributed by atoms with Crippen LogP contribution in [0.15, 0.2) is 0 Å². The largest absolute Gasteiger partial charge is 0.397 e. The predicted molar refractivity (Wildman–Crippen MR) is 174 cm³/mol. The summed E-state index contributed by atoms with van der Waals surface area (Å²) >= 11 is 0. The van der Waals surface area contributed by atoms with Crippen molar-refractivity contribution >= 4 is 10.4 Å². The molecule has 43 heavy (non-hydrogen) atoms. The van der Waals surface area contributed by atoms with Gasteiger partial charge in [-0.05, 0) is 162 Å². The summed E-state index contributed by atoms with van der Waals surface area (Å²) in [5, 5.41) is 19.2. The summed E-state index contributed by atoms with van der Waals surface area (Å²) in [4.78, 5) is 0. The molecule has 6 N–H and O–H groups in total. The van der Waals surface area contributed by atoms with Crippen LogP contribution in [0, 0.1) is 52.3 Å². The molecule has 0 radical (unpaired) electrons. The van der Waals surface area contributed by atoms with Crippen molar-refractivity contribution in [3.05, 3.63) is 0 Å². The highest BCUT2D eigenvalue weighted by Gasteiger charge is 2.62. The van der Waals surface area contributed by atoms with Gasteiger partial charge in [-0.15, -0.1) is 0 Å². The number of unbranched alkanes of at least 4 members (excludes halogenated alkanes) is 1. The lowest BCUT2D eigenvalue weighted by Gasteiger charge is -2.62. The number of hydrogen-bond donors (Lipinski definition) is 5. The summed E-state index contributed by atoms with van der Waals surface area (Å²) in [7, 11) is -4.45. The molecular formula is C34H65N3O5S. The van der Waals surface area contributed by atoms with Gasteiger partial charge in [-0.1, -0.05) is 34.6 Å². The zero-order valence-electron chi connectivity index (χ0n) is 27.9. The second kappa shape index (κ2) is 15.1. The number of nitrogens with two attached hydrogens (primary N) is 1. The topological polar surface area (TPSA) is 134 Å². The van der Waals surface area contributed by atoms with E-state index in [4.69, 9.17) is 9.92 Å². The van der Waals surface area contributed by atoms with Gasteiger partial charge in [-0.25, -0.2) is 4.18 Å². The average molecular weight is 628 g/mol. The van der Waals surface area contributed by atoms with Crippen molar-refractivity contribution in [1.82, 2.24) is 10.6 Å². The fraction of sp³-hybridized carbons (Fsp3) is 1.00. The highest BCUT2D eigenvalue weighted by molar-refractivity contribution is 7.80. The number of fused-ring (bicyclic) bond motifs is 5. The molecule has 4 aliphatic carbocycles. The molecular weight excluding hydrogens is 562 g/mol. The van der Waals surface area contributed by atoms with Gasteiger partial charge in [0, 0.05) is 6.04 Å². The van der Waals surface area contributed by atoms with Crippen molar-refractivity contribution in [2.24, 2.45) is 58.0 Å². The van der Waals surface area contributed by atoms with Crippen molar-refractivity contribution in [3.8, 4) is 0 Å². The molecule has 0 aromatic heterocycles. The quantitative estimate of drug-likeness (QED) is 0.111. The van der Waals surface area contributed by atoms with E-state index in [9.17, 15) is 18.1 Å². The molecule has 0 spiro atoms. The first-order valence-corrected chi connectivity index (χ1v) is 19.1. The third-order valence-electron chi connectivity index (χ3n) is 13.1. The Morgan fingerprint density at radius 2 is 1.60 bits per heavy atom. The lowest BCUT2D eigenvalue weighted by atomic mass is 9.43. The maximum atomic E-state index is 11.8. The zero-order chi connectivity index (χ0) is 31.4. The summed E-state index contributed by atoms with van der Waals surface area (Å²) in [5.74, 6) is 3.21. The Kier molecular flexibility index (Phi) is 12.5. The first kappa shape index (κ1) is 35.6. The van der Waals surface area contributed by atoms with Crippen LogP contribution >= 0.6 is 0 Å².